The van der Waals surface area contributed by atoms with Crippen LogP contribution in [0.2, 0.25) is 0 Å². The maximum Gasteiger partial charge on any atom is 0.337 e. The number of hydrogen-bond acceptors (Lipinski definition) is 2. The highest BCUT2D eigenvalue weighted by atomic mass is 16.5. The van der Waals surface area contributed by atoms with Gasteiger partial charge in [-0.1, -0.05) is 6.58 Å². The molecule has 0 aromatic rings. The topological polar surface area (TPSA) is 46.5 Å². The number of rotatable bonds is 4. The van der Waals surface area contributed by atoms with Crippen LogP contribution in [0.5, 0.6) is 0 Å². The van der Waals surface area contributed by atoms with Crippen molar-refractivity contribution in [3.63, 3.8) is 0 Å². The Balaban J connectivity index is 3.98. The molecule has 0 aromatic heterocycles. The van der Waals surface area contributed by atoms with Gasteiger partial charge in [0, 0.05) is 6.61 Å². The second kappa shape index (κ2) is 4.06. The fourth-order valence-electron chi connectivity index (χ4n) is 0.591. The molecule has 0 amide bonds. The van der Waals surface area contributed by atoms with Gasteiger partial charge in [0.2, 0.25) is 0 Å². The molecular formula is C7H12O3. The Morgan fingerprint density at radius 3 is 2.40 bits per heavy atom. The predicted molar refractivity (Wildman–Crippen MR) is 37.9 cm³/mol. The number of aliphatic carboxylic acids is 1. The minimum atomic E-state index is -0.977. The number of carboxylic acids is 1. The van der Waals surface area contributed by atoms with E-state index in [2.05, 4.69) is 6.58 Å². The second-order valence-corrected chi connectivity index (χ2v) is 2.02. The van der Waals surface area contributed by atoms with Crippen molar-refractivity contribution in [3.8, 4) is 0 Å². The molecule has 3 nitrogen and oxygen atoms in total. The van der Waals surface area contributed by atoms with E-state index in [9.17, 15) is 4.79 Å². The van der Waals surface area contributed by atoms with Crippen molar-refractivity contribution in [1.82, 2.24) is 0 Å². The van der Waals surface area contributed by atoms with Gasteiger partial charge < -0.3 is 9.84 Å². The smallest absolute Gasteiger partial charge is 0.337 e. The van der Waals surface area contributed by atoms with Crippen molar-refractivity contribution in [3.05, 3.63) is 12.2 Å². The van der Waals surface area contributed by atoms with E-state index >= 15 is 0 Å². The molecule has 0 aliphatic heterocycles. The van der Waals surface area contributed by atoms with Gasteiger partial charge in [-0.25, -0.2) is 4.79 Å². The Labute approximate surface area is 60.3 Å². The van der Waals surface area contributed by atoms with E-state index in [0.29, 0.717) is 12.2 Å². The molecule has 1 N–H and O–H groups in total. The average molecular weight is 144 g/mol. The van der Waals surface area contributed by atoms with Gasteiger partial charge in [-0.3, -0.25) is 0 Å². The maximum absolute atomic E-state index is 10.3. The Bertz CT molecular complexity index is 126. The van der Waals surface area contributed by atoms with Crippen LogP contribution in [0.15, 0.2) is 12.2 Å². The molecule has 0 aromatic carbocycles. The fourth-order valence-corrected chi connectivity index (χ4v) is 0.591. The number of carbonyl (C=O) groups is 1. The van der Waals surface area contributed by atoms with Crippen LogP contribution in [0.1, 0.15) is 13.8 Å². The van der Waals surface area contributed by atoms with Gasteiger partial charge >= 0.3 is 5.97 Å². The molecule has 0 spiro atoms. The van der Waals surface area contributed by atoms with Gasteiger partial charge in [0.05, 0.1) is 0 Å². The molecule has 0 radical (unpaired) electrons. The quantitative estimate of drug-likeness (QED) is 0.600. The zero-order valence-corrected chi connectivity index (χ0v) is 6.26. The molecule has 0 rings (SSSR count). The molecule has 1 atom stereocenters. The van der Waals surface area contributed by atoms with Gasteiger partial charge in [0.15, 0.2) is 6.10 Å². The molecule has 0 aliphatic rings. The van der Waals surface area contributed by atoms with Crippen molar-refractivity contribution in [2.24, 2.45) is 0 Å². The van der Waals surface area contributed by atoms with Crippen molar-refractivity contribution in [1.29, 1.82) is 0 Å². The summed E-state index contributed by atoms with van der Waals surface area (Å²) in [5, 5.41) is 8.49. The van der Waals surface area contributed by atoms with E-state index in [-0.39, 0.29) is 0 Å². The minimum Gasteiger partial charge on any atom is -0.479 e. The SMILES string of the molecule is C=C(C)C(OCC)C(=O)O. The highest BCUT2D eigenvalue weighted by Gasteiger charge is 2.16. The Kier molecular flexibility index (Phi) is 3.72. The number of carboxylic acid groups (broad SMARTS) is 1. The minimum absolute atomic E-state index is 0.393. The van der Waals surface area contributed by atoms with Gasteiger partial charge in [0.1, 0.15) is 0 Å². The summed E-state index contributed by atoms with van der Waals surface area (Å²) >= 11 is 0. The molecule has 58 valence electrons. The highest BCUT2D eigenvalue weighted by molar-refractivity contribution is 5.75. The summed E-state index contributed by atoms with van der Waals surface area (Å²) in [5.74, 6) is -0.977. The van der Waals surface area contributed by atoms with Gasteiger partial charge in [-0.05, 0) is 19.4 Å². The van der Waals surface area contributed by atoms with Gasteiger partial charge in [-0.15, -0.1) is 0 Å². The average Bonchev–Trinajstić information content (AvgIpc) is 1.81. The van der Waals surface area contributed by atoms with Crippen LogP contribution >= 0.6 is 0 Å². The Morgan fingerprint density at radius 1 is 1.80 bits per heavy atom. The standard InChI is InChI=1S/C7H12O3/c1-4-10-6(5(2)3)7(8)9/h6H,2,4H2,1,3H3,(H,8,9). The summed E-state index contributed by atoms with van der Waals surface area (Å²) in [6.07, 6.45) is -0.843. The lowest BCUT2D eigenvalue weighted by atomic mass is 10.2. The van der Waals surface area contributed by atoms with Crippen LogP contribution < -0.4 is 0 Å². The zero-order chi connectivity index (χ0) is 8.15. The molecule has 10 heavy (non-hydrogen) atoms. The predicted octanol–water partition coefficient (Wildman–Crippen LogP) is 1.05. The monoisotopic (exact) mass is 144 g/mol. The Hall–Kier alpha value is -0.830. The van der Waals surface area contributed by atoms with Gasteiger partial charge in [-0.2, -0.15) is 0 Å². The van der Waals surface area contributed by atoms with Crippen molar-refractivity contribution >= 4 is 5.97 Å². The summed E-state index contributed by atoms with van der Waals surface area (Å²) in [6.45, 7) is 7.26. The van der Waals surface area contributed by atoms with E-state index in [1.807, 2.05) is 0 Å². The highest BCUT2D eigenvalue weighted by Crippen LogP contribution is 2.02. The number of hydrogen-bond donors (Lipinski definition) is 1. The second-order valence-electron chi connectivity index (χ2n) is 2.02. The molecule has 0 saturated carbocycles. The summed E-state index contributed by atoms with van der Waals surface area (Å²) in [5.41, 5.74) is 0.523. The van der Waals surface area contributed by atoms with Crippen LogP contribution in [0.4, 0.5) is 0 Å². The van der Waals surface area contributed by atoms with Crippen molar-refractivity contribution in [2.75, 3.05) is 6.61 Å². The van der Waals surface area contributed by atoms with E-state index in [4.69, 9.17) is 9.84 Å². The third kappa shape index (κ3) is 2.64. The third-order valence-electron chi connectivity index (χ3n) is 1.01. The summed E-state index contributed by atoms with van der Waals surface area (Å²) in [6, 6.07) is 0. The fraction of sp³-hybridized carbons (Fsp3) is 0.571. The first-order valence-corrected chi connectivity index (χ1v) is 3.09. The molecule has 0 heterocycles. The molecule has 0 fully saturated rings. The van der Waals surface area contributed by atoms with Crippen LogP contribution in [0.3, 0.4) is 0 Å². The van der Waals surface area contributed by atoms with Gasteiger partial charge in [0.25, 0.3) is 0 Å². The summed E-state index contributed by atoms with van der Waals surface area (Å²) < 4.78 is 4.87. The van der Waals surface area contributed by atoms with E-state index < -0.39 is 12.1 Å². The van der Waals surface area contributed by atoms with Crippen LogP contribution in [-0.4, -0.2) is 23.8 Å². The third-order valence-corrected chi connectivity index (χ3v) is 1.01. The summed E-state index contributed by atoms with van der Waals surface area (Å²) in [4.78, 5) is 10.3. The summed E-state index contributed by atoms with van der Waals surface area (Å²) in [7, 11) is 0. The lowest BCUT2D eigenvalue weighted by molar-refractivity contribution is -0.147. The largest absolute Gasteiger partial charge is 0.479 e. The zero-order valence-electron chi connectivity index (χ0n) is 6.26. The lowest BCUT2D eigenvalue weighted by Crippen LogP contribution is -2.24. The first-order chi connectivity index (χ1) is 4.59. The van der Waals surface area contributed by atoms with Crippen LogP contribution in [0.25, 0.3) is 0 Å². The van der Waals surface area contributed by atoms with E-state index in [1.54, 1.807) is 13.8 Å². The Morgan fingerprint density at radius 2 is 2.30 bits per heavy atom. The van der Waals surface area contributed by atoms with E-state index in [0.717, 1.165) is 0 Å². The first kappa shape index (κ1) is 9.17. The van der Waals surface area contributed by atoms with Crippen LogP contribution in [0, 0.1) is 0 Å². The molecule has 0 saturated heterocycles. The molecule has 1 unspecified atom stereocenters. The molecule has 0 bridgehead atoms. The normalized spacial score (nSPS) is 12.6. The van der Waals surface area contributed by atoms with Crippen molar-refractivity contribution < 1.29 is 14.6 Å². The molecular weight excluding hydrogens is 132 g/mol. The molecule has 0 aliphatic carbocycles. The van der Waals surface area contributed by atoms with Crippen molar-refractivity contribution in [2.45, 2.75) is 20.0 Å². The maximum atomic E-state index is 10.3. The van der Waals surface area contributed by atoms with Crippen LogP contribution in [-0.2, 0) is 9.53 Å². The number of ether oxygens (including phenoxy) is 1. The lowest BCUT2D eigenvalue weighted by Gasteiger charge is -2.10. The first-order valence-electron chi connectivity index (χ1n) is 3.09. The van der Waals surface area contributed by atoms with E-state index in [1.165, 1.54) is 0 Å². The molecule has 3 heteroatoms.